The number of rotatable bonds is 1. The van der Waals surface area contributed by atoms with Crippen LogP contribution in [0.5, 0.6) is 5.75 Å². The third-order valence-corrected chi connectivity index (χ3v) is 3.70. The molecule has 0 aliphatic carbocycles. The molecule has 2 aromatic carbocycles. The highest BCUT2D eigenvalue weighted by Gasteiger charge is 2.28. The van der Waals surface area contributed by atoms with E-state index < -0.39 is 5.82 Å². The zero-order valence-corrected chi connectivity index (χ0v) is 11.6. The highest BCUT2D eigenvalue weighted by Crippen LogP contribution is 2.36. The van der Waals surface area contributed by atoms with E-state index in [4.69, 9.17) is 16.3 Å². The largest absolute Gasteiger partial charge is 0.484 e. The van der Waals surface area contributed by atoms with Crippen LogP contribution >= 0.6 is 11.6 Å². The smallest absolute Gasteiger partial charge is 0.170 e. The first kappa shape index (κ1) is 13.1. The minimum atomic E-state index is -0.429. The van der Waals surface area contributed by atoms with Crippen LogP contribution in [0.1, 0.15) is 34.0 Å². The third kappa shape index (κ3) is 2.29. The van der Waals surface area contributed by atoms with Crippen molar-refractivity contribution in [3.05, 3.63) is 63.9 Å². The maximum atomic E-state index is 13.2. The number of aryl methyl sites for hydroxylation is 1. The van der Waals surface area contributed by atoms with Crippen LogP contribution in [-0.2, 0) is 0 Å². The number of ketones is 1. The van der Waals surface area contributed by atoms with Gasteiger partial charge in [-0.1, -0.05) is 17.7 Å². The quantitative estimate of drug-likeness (QED) is 0.773. The van der Waals surface area contributed by atoms with E-state index in [1.807, 2.05) is 19.1 Å². The van der Waals surface area contributed by atoms with Gasteiger partial charge in [0.25, 0.3) is 0 Å². The molecule has 0 saturated carbocycles. The van der Waals surface area contributed by atoms with E-state index in [0.29, 0.717) is 16.3 Å². The number of Topliss-reactive ketones (excluding diaryl/α,β-unsaturated/α-hetero) is 1. The first-order valence-corrected chi connectivity index (χ1v) is 6.68. The van der Waals surface area contributed by atoms with Crippen LogP contribution in [0.25, 0.3) is 0 Å². The lowest BCUT2D eigenvalue weighted by Crippen LogP contribution is -2.21. The Morgan fingerprint density at radius 3 is 2.80 bits per heavy atom. The number of carbonyl (C=O) groups excluding carboxylic acids is 1. The maximum absolute atomic E-state index is 13.2. The highest BCUT2D eigenvalue weighted by molar-refractivity contribution is 6.30. The van der Waals surface area contributed by atoms with Crippen molar-refractivity contribution in [2.75, 3.05) is 0 Å². The Morgan fingerprint density at radius 1 is 1.25 bits per heavy atom. The summed E-state index contributed by atoms with van der Waals surface area (Å²) in [5, 5.41) is 0.649. The molecule has 1 aliphatic rings. The summed E-state index contributed by atoms with van der Waals surface area (Å²) in [7, 11) is 0. The average molecular weight is 291 g/mol. The third-order valence-electron chi connectivity index (χ3n) is 3.46. The first-order chi connectivity index (χ1) is 9.54. The lowest BCUT2D eigenvalue weighted by molar-refractivity contribution is 0.0848. The fraction of sp³-hybridized carbons (Fsp3) is 0.188. The van der Waals surface area contributed by atoms with Crippen molar-refractivity contribution in [3.63, 3.8) is 0 Å². The van der Waals surface area contributed by atoms with Crippen molar-refractivity contribution in [1.29, 1.82) is 0 Å². The zero-order chi connectivity index (χ0) is 14.3. The van der Waals surface area contributed by atoms with Crippen molar-refractivity contribution >= 4 is 17.4 Å². The number of halogens is 2. The second kappa shape index (κ2) is 4.91. The van der Waals surface area contributed by atoms with E-state index in [-0.39, 0.29) is 18.3 Å². The van der Waals surface area contributed by atoms with Crippen LogP contribution in [0, 0.1) is 12.7 Å². The van der Waals surface area contributed by atoms with Crippen LogP contribution in [-0.4, -0.2) is 5.78 Å². The number of hydrogen-bond acceptors (Lipinski definition) is 2. The lowest BCUT2D eigenvalue weighted by Gasteiger charge is -2.26. The van der Waals surface area contributed by atoms with Gasteiger partial charge in [0.2, 0.25) is 0 Å². The van der Waals surface area contributed by atoms with Crippen molar-refractivity contribution in [2.45, 2.75) is 19.4 Å². The Bertz CT molecular complexity index is 697. The first-order valence-electron chi connectivity index (χ1n) is 6.30. The van der Waals surface area contributed by atoms with Crippen molar-refractivity contribution < 1.29 is 13.9 Å². The summed E-state index contributed by atoms with van der Waals surface area (Å²) in [4.78, 5) is 12.1. The summed E-state index contributed by atoms with van der Waals surface area (Å²) in [5.74, 6) is -0.103. The predicted molar refractivity (Wildman–Crippen MR) is 74.9 cm³/mol. The Labute approximate surface area is 121 Å². The molecule has 0 spiro atoms. The van der Waals surface area contributed by atoms with Gasteiger partial charge in [0.1, 0.15) is 17.7 Å². The topological polar surface area (TPSA) is 26.3 Å². The van der Waals surface area contributed by atoms with Crippen LogP contribution in [0.3, 0.4) is 0 Å². The molecule has 0 saturated heterocycles. The number of fused-ring (bicyclic) bond motifs is 1. The number of hydrogen-bond donors (Lipinski definition) is 0. The molecule has 0 N–H and O–H groups in total. The summed E-state index contributed by atoms with van der Waals surface area (Å²) >= 11 is 5.93. The van der Waals surface area contributed by atoms with Gasteiger partial charge < -0.3 is 4.74 Å². The number of benzene rings is 2. The van der Waals surface area contributed by atoms with E-state index in [9.17, 15) is 9.18 Å². The molecule has 1 aliphatic heterocycles. The molecule has 0 amide bonds. The molecular formula is C16H12ClFO2. The number of carbonyl (C=O) groups is 1. The molecule has 0 bridgehead atoms. The normalized spacial score (nSPS) is 17.6. The van der Waals surface area contributed by atoms with E-state index in [1.165, 1.54) is 18.2 Å². The van der Waals surface area contributed by atoms with Gasteiger partial charge in [0.15, 0.2) is 5.78 Å². The van der Waals surface area contributed by atoms with Gasteiger partial charge in [0, 0.05) is 5.02 Å². The van der Waals surface area contributed by atoms with Crippen LogP contribution in [0.15, 0.2) is 36.4 Å². The molecule has 102 valence electrons. The van der Waals surface area contributed by atoms with Crippen molar-refractivity contribution in [3.8, 4) is 5.75 Å². The highest BCUT2D eigenvalue weighted by atomic mass is 35.5. The molecule has 1 atom stereocenters. The van der Waals surface area contributed by atoms with E-state index in [2.05, 4.69) is 0 Å². The molecule has 1 unspecified atom stereocenters. The van der Waals surface area contributed by atoms with Gasteiger partial charge in [-0.2, -0.15) is 0 Å². The fourth-order valence-corrected chi connectivity index (χ4v) is 2.70. The van der Waals surface area contributed by atoms with Gasteiger partial charge in [-0.05, 0) is 48.4 Å². The molecule has 2 nitrogen and oxygen atoms in total. The van der Waals surface area contributed by atoms with Gasteiger partial charge in [-0.3, -0.25) is 4.79 Å². The molecule has 2 aromatic rings. The van der Waals surface area contributed by atoms with E-state index in [0.717, 1.165) is 11.1 Å². The molecule has 20 heavy (non-hydrogen) atoms. The Hall–Kier alpha value is -1.87. The Morgan fingerprint density at radius 2 is 2.05 bits per heavy atom. The molecule has 0 radical (unpaired) electrons. The van der Waals surface area contributed by atoms with Crippen molar-refractivity contribution in [1.82, 2.24) is 0 Å². The van der Waals surface area contributed by atoms with E-state index in [1.54, 1.807) is 6.07 Å². The monoisotopic (exact) mass is 290 g/mol. The molecule has 3 rings (SSSR count). The second-order valence-electron chi connectivity index (χ2n) is 4.88. The molecule has 0 aromatic heterocycles. The second-order valence-corrected chi connectivity index (χ2v) is 5.31. The summed E-state index contributed by atoms with van der Waals surface area (Å²) < 4.78 is 19.0. The fourth-order valence-electron chi connectivity index (χ4n) is 2.47. The molecule has 0 fully saturated rings. The standard InChI is InChI=1S/C16H12ClFO2/c1-9-6-10(17)2-4-12(9)16-8-14(19)13-7-11(18)3-5-15(13)20-16/h2-7,16H,8H2,1H3. The summed E-state index contributed by atoms with van der Waals surface area (Å²) in [6, 6.07) is 9.50. The Balaban J connectivity index is 1.99. The van der Waals surface area contributed by atoms with Crippen LogP contribution < -0.4 is 4.74 Å². The lowest BCUT2D eigenvalue weighted by atomic mass is 9.94. The Kier molecular flexibility index (Phi) is 3.22. The summed E-state index contributed by atoms with van der Waals surface area (Å²) in [6.45, 7) is 1.93. The molecule has 4 heteroatoms. The minimum absolute atomic E-state index is 0.106. The zero-order valence-electron chi connectivity index (χ0n) is 10.8. The van der Waals surface area contributed by atoms with E-state index >= 15 is 0 Å². The maximum Gasteiger partial charge on any atom is 0.170 e. The van der Waals surface area contributed by atoms with Crippen LogP contribution in [0.4, 0.5) is 4.39 Å². The summed E-state index contributed by atoms with van der Waals surface area (Å²) in [6.07, 6.45) is -0.142. The molecular weight excluding hydrogens is 279 g/mol. The van der Waals surface area contributed by atoms with Gasteiger partial charge in [0.05, 0.1) is 12.0 Å². The summed E-state index contributed by atoms with van der Waals surface area (Å²) in [5.41, 5.74) is 2.21. The average Bonchev–Trinajstić information content (AvgIpc) is 2.39. The van der Waals surface area contributed by atoms with Crippen molar-refractivity contribution in [2.24, 2.45) is 0 Å². The van der Waals surface area contributed by atoms with Gasteiger partial charge >= 0.3 is 0 Å². The molecule has 1 heterocycles. The predicted octanol–water partition coefficient (Wildman–Crippen LogP) is 4.49. The number of ether oxygens (including phenoxy) is 1. The SMILES string of the molecule is Cc1cc(Cl)ccc1C1CC(=O)c2cc(F)ccc2O1. The van der Waals surface area contributed by atoms with Gasteiger partial charge in [-0.15, -0.1) is 0 Å². The van der Waals surface area contributed by atoms with Crippen LogP contribution in [0.2, 0.25) is 5.02 Å². The van der Waals surface area contributed by atoms with Gasteiger partial charge in [-0.25, -0.2) is 4.39 Å². The minimum Gasteiger partial charge on any atom is -0.484 e.